The summed E-state index contributed by atoms with van der Waals surface area (Å²) in [5.41, 5.74) is 6.85. The van der Waals surface area contributed by atoms with Gasteiger partial charge in [0, 0.05) is 31.9 Å². The molecule has 3 N–H and O–H groups in total. The van der Waals surface area contributed by atoms with Crippen molar-refractivity contribution in [2.24, 2.45) is 0 Å². The number of rotatable bonds is 2. The van der Waals surface area contributed by atoms with Gasteiger partial charge in [-0.15, -0.1) is 0 Å². The van der Waals surface area contributed by atoms with E-state index in [2.05, 4.69) is 26.7 Å². The summed E-state index contributed by atoms with van der Waals surface area (Å²) in [5.74, 6) is 0.656. The lowest BCUT2D eigenvalue weighted by atomic mass is 10.2. The van der Waals surface area contributed by atoms with Crippen molar-refractivity contribution in [3.8, 4) is 0 Å². The second-order valence-corrected chi connectivity index (χ2v) is 5.09. The number of piperazine rings is 1. The smallest absolute Gasteiger partial charge is 0.260 e. The van der Waals surface area contributed by atoms with Crippen LogP contribution in [-0.2, 0) is 0 Å². The lowest BCUT2D eigenvalue weighted by molar-refractivity contribution is 0.270. The number of anilines is 2. The van der Waals surface area contributed by atoms with Crippen LogP contribution < -0.4 is 16.2 Å². The van der Waals surface area contributed by atoms with Crippen molar-refractivity contribution in [2.45, 2.75) is 6.92 Å². The monoisotopic (exact) mass is 273 g/mol. The predicted octanol–water partition coefficient (Wildman–Crippen LogP) is 0.647. The molecule has 6 heteroatoms. The van der Waals surface area contributed by atoms with Gasteiger partial charge in [0.2, 0.25) is 5.95 Å². The van der Waals surface area contributed by atoms with E-state index in [4.69, 9.17) is 5.73 Å². The van der Waals surface area contributed by atoms with Crippen molar-refractivity contribution in [3.63, 3.8) is 0 Å². The number of nitrogens with two attached hydrogens (primary N) is 1. The molecule has 0 aliphatic carbocycles. The summed E-state index contributed by atoms with van der Waals surface area (Å²) in [6, 6.07) is 5.24. The molecule has 0 atom stereocenters. The number of hydrogen-bond acceptors (Lipinski definition) is 5. The van der Waals surface area contributed by atoms with Gasteiger partial charge in [-0.05, 0) is 24.7 Å². The summed E-state index contributed by atoms with van der Waals surface area (Å²) < 4.78 is 0. The Morgan fingerprint density at radius 3 is 2.75 bits per heavy atom. The third kappa shape index (κ3) is 2.34. The highest BCUT2D eigenvalue weighted by atomic mass is 16.1. The van der Waals surface area contributed by atoms with Gasteiger partial charge < -0.3 is 15.5 Å². The minimum Gasteiger partial charge on any atom is -0.399 e. The summed E-state index contributed by atoms with van der Waals surface area (Å²) in [6.45, 7) is 7.00. The Kier molecular flexibility index (Phi) is 3.31. The SMILES string of the molecule is CCN1CCN(c2nc3ccc(N)cc3c(=O)[nH]2)CC1. The van der Waals surface area contributed by atoms with Crippen LogP contribution in [0.5, 0.6) is 0 Å². The molecule has 1 fully saturated rings. The second-order valence-electron chi connectivity index (χ2n) is 5.09. The molecular formula is C14H19N5O. The fourth-order valence-electron chi connectivity index (χ4n) is 2.57. The molecule has 3 rings (SSSR count). The fraction of sp³-hybridized carbons (Fsp3) is 0.429. The van der Waals surface area contributed by atoms with Gasteiger partial charge in [0.05, 0.1) is 10.9 Å². The zero-order chi connectivity index (χ0) is 14.1. The van der Waals surface area contributed by atoms with Gasteiger partial charge in [-0.1, -0.05) is 6.92 Å². The van der Waals surface area contributed by atoms with E-state index in [9.17, 15) is 4.79 Å². The van der Waals surface area contributed by atoms with Crippen LogP contribution in [0.3, 0.4) is 0 Å². The average Bonchev–Trinajstić information content (AvgIpc) is 2.48. The summed E-state index contributed by atoms with van der Waals surface area (Å²) in [7, 11) is 0. The zero-order valence-corrected chi connectivity index (χ0v) is 11.6. The maximum atomic E-state index is 12.1. The average molecular weight is 273 g/mol. The molecule has 1 aliphatic heterocycles. The third-order valence-electron chi connectivity index (χ3n) is 3.84. The van der Waals surface area contributed by atoms with Crippen molar-refractivity contribution in [1.29, 1.82) is 0 Å². The van der Waals surface area contributed by atoms with Crippen LogP contribution in [0.4, 0.5) is 11.6 Å². The molecule has 0 bridgehead atoms. The maximum Gasteiger partial charge on any atom is 0.260 e. The van der Waals surface area contributed by atoms with Crippen LogP contribution in [0.25, 0.3) is 10.9 Å². The highest BCUT2D eigenvalue weighted by Gasteiger charge is 2.18. The van der Waals surface area contributed by atoms with Crippen molar-refractivity contribution >= 4 is 22.5 Å². The first-order chi connectivity index (χ1) is 9.67. The Hall–Kier alpha value is -2.08. The Morgan fingerprint density at radius 2 is 2.05 bits per heavy atom. The molecule has 0 saturated carbocycles. The van der Waals surface area contributed by atoms with E-state index in [1.807, 2.05) is 0 Å². The number of H-pyrrole nitrogens is 1. The number of nitrogen functional groups attached to an aromatic ring is 1. The predicted molar refractivity (Wildman–Crippen MR) is 81.1 cm³/mol. The minimum absolute atomic E-state index is 0.129. The standard InChI is InChI=1S/C14H19N5O/c1-2-18-5-7-19(8-6-18)14-16-12-4-3-10(15)9-11(12)13(20)17-14/h3-4,9H,2,5-8,15H2,1H3,(H,16,17,20). The zero-order valence-electron chi connectivity index (χ0n) is 11.6. The first kappa shape index (κ1) is 12.9. The molecular weight excluding hydrogens is 254 g/mol. The largest absolute Gasteiger partial charge is 0.399 e. The summed E-state index contributed by atoms with van der Waals surface area (Å²) in [4.78, 5) is 24.1. The highest BCUT2D eigenvalue weighted by molar-refractivity contribution is 5.81. The van der Waals surface area contributed by atoms with Gasteiger partial charge in [-0.2, -0.15) is 0 Å². The number of likely N-dealkylation sites (N-methyl/N-ethyl adjacent to an activating group) is 1. The second kappa shape index (κ2) is 5.13. The number of benzene rings is 1. The molecule has 6 nitrogen and oxygen atoms in total. The van der Waals surface area contributed by atoms with Gasteiger partial charge in [0.15, 0.2) is 0 Å². The summed E-state index contributed by atoms with van der Waals surface area (Å²) >= 11 is 0. The Labute approximate surface area is 117 Å². The molecule has 1 aromatic carbocycles. The van der Waals surface area contributed by atoms with E-state index in [1.165, 1.54) is 0 Å². The summed E-state index contributed by atoms with van der Waals surface area (Å²) in [6.07, 6.45) is 0. The molecule has 20 heavy (non-hydrogen) atoms. The first-order valence-electron chi connectivity index (χ1n) is 6.94. The molecule has 2 aromatic rings. The maximum absolute atomic E-state index is 12.1. The molecule has 0 unspecified atom stereocenters. The lowest BCUT2D eigenvalue weighted by Crippen LogP contribution is -2.47. The first-order valence-corrected chi connectivity index (χ1v) is 6.94. The Bertz CT molecular complexity index is 673. The van der Waals surface area contributed by atoms with Gasteiger partial charge in [-0.25, -0.2) is 4.98 Å². The van der Waals surface area contributed by atoms with Gasteiger partial charge in [0.1, 0.15) is 0 Å². The number of nitrogens with one attached hydrogen (secondary N) is 1. The normalized spacial score (nSPS) is 16.8. The lowest BCUT2D eigenvalue weighted by Gasteiger charge is -2.34. The molecule has 2 heterocycles. The molecule has 106 valence electrons. The van der Waals surface area contributed by atoms with E-state index in [-0.39, 0.29) is 5.56 Å². The van der Waals surface area contributed by atoms with Crippen LogP contribution in [0, 0.1) is 0 Å². The molecule has 1 aromatic heterocycles. The van der Waals surface area contributed by atoms with Crippen molar-refractivity contribution in [1.82, 2.24) is 14.9 Å². The van der Waals surface area contributed by atoms with E-state index >= 15 is 0 Å². The number of aromatic nitrogens is 2. The van der Waals surface area contributed by atoms with Crippen LogP contribution in [0.15, 0.2) is 23.0 Å². The molecule has 0 spiro atoms. The molecule has 0 amide bonds. The van der Waals surface area contributed by atoms with Crippen molar-refractivity contribution in [2.75, 3.05) is 43.4 Å². The number of aromatic amines is 1. The van der Waals surface area contributed by atoms with E-state index in [0.29, 0.717) is 22.5 Å². The quantitative estimate of drug-likeness (QED) is 0.785. The van der Waals surface area contributed by atoms with Gasteiger partial charge in [-0.3, -0.25) is 9.78 Å². The third-order valence-corrected chi connectivity index (χ3v) is 3.84. The fourth-order valence-corrected chi connectivity index (χ4v) is 2.57. The minimum atomic E-state index is -0.129. The molecule has 1 aliphatic rings. The Morgan fingerprint density at radius 1 is 1.30 bits per heavy atom. The number of nitrogens with zero attached hydrogens (tertiary/aromatic N) is 3. The van der Waals surface area contributed by atoms with E-state index in [0.717, 1.165) is 32.7 Å². The molecule has 0 radical (unpaired) electrons. The highest BCUT2D eigenvalue weighted by Crippen LogP contribution is 2.16. The van der Waals surface area contributed by atoms with Crippen LogP contribution in [0.1, 0.15) is 6.92 Å². The summed E-state index contributed by atoms with van der Waals surface area (Å²) in [5, 5.41) is 0.543. The van der Waals surface area contributed by atoms with E-state index in [1.54, 1.807) is 18.2 Å². The molecule has 1 saturated heterocycles. The van der Waals surface area contributed by atoms with Gasteiger partial charge in [0.25, 0.3) is 5.56 Å². The van der Waals surface area contributed by atoms with Crippen molar-refractivity contribution < 1.29 is 0 Å². The van der Waals surface area contributed by atoms with Gasteiger partial charge >= 0.3 is 0 Å². The van der Waals surface area contributed by atoms with Crippen LogP contribution in [0.2, 0.25) is 0 Å². The topological polar surface area (TPSA) is 78.2 Å². The van der Waals surface area contributed by atoms with Crippen LogP contribution in [-0.4, -0.2) is 47.6 Å². The Balaban J connectivity index is 1.93. The van der Waals surface area contributed by atoms with Crippen molar-refractivity contribution in [3.05, 3.63) is 28.6 Å². The van der Waals surface area contributed by atoms with E-state index < -0.39 is 0 Å². The number of fused-ring (bicyclic) bond motifs is 1. The number of hydrogen-bond donors (Lipinski definition) is 2. The van der Waals surface area contributed by atoms with Crippen LogP contribution >= 0.6 is 0 Å².